The second-order valence-corrected chi connectivity index (χ2v) is 8.73. The van der Waals surface area contributed by atoms with Crippen molar-refractivity contribution in [1.29, 1.82) is 0 Å². The van der Waals surface area contributed by atoms with E-state index < -0.39 is 0 Å². The number of rotatable bonds is 0. The highest BCUT2D eigenvalue weighted by atomic mass is 14.4. The van der Waals surface area contributed by atoms with Crippen LogP contribution in [0.4, 0.5) is 0 Å². The molecule has 142 valence electrons. The molecule has 0 saturated heterocycles. The Balaban J connectivity index is 0.000000159. The van der Waals surface area contributed by atoms with Crippen LogP contribution in [0.5, 0.6) is 0 Å². The number of aryl methyl sites for hydroxylation is 2. The van der Waals surface area contributed by atoms with Crippen LogP contribution in [0.1, 0.15) is 56.4 Å². The Kier molecular flexibility index (Phi) is 7.02. The van der Waals surface area contributed by atoms with Gasteiger partial charge in [-0.2, -0.15) is 0 Å². The molecule has 0 N–H and O–H groups in total. The molecule has 0 bridgehead atoms. The van der Waals surface area contributed by atoms with Crippen LogP contribution in [-0.2, 0) is 10.8 Å². The maximum absolute atomic E-state index is 2.35. The lowest BCUT2D eigenvalue weighted by Crippen LogP contribution is -2.17. The predicted octanol–water partition coefficient (Wildman–Crippen LogP) is 7.64. The lowest BCUT2D eigenvalue weighted by molar-refractivity contribution is 0.403. The Labute approximate surface area is 166 Å². The summed E-state index contributed by atoms with van der Waals surface area (Å²) in [5.74, 6) is 0. The molecular weight excluding hydrogens is 324 g/mol. The third kappa shape index (κ3) is 5.82. The fourth-order valence-corrected chi connectivity index (χ4v) is 4.01. The van der Waals surface area contributed by atoms with Gasteiger partial charge in [0.25, 0.3) is 0 Å². The molecule has 0 aliphatic heterocycles. The van der Waals surface area contributed by atoms with Crippen LogP contribution in [0.3, 0.4) is 0 Å². The molecule has 1 aliphatic carbocycles. The van der Waals surface area contributed by atoms with Crippen LogP contribution < -0.4 is 0 Å². The third-order valence-corrected chi connectivity index (χ3v) is 5.36. The lowest BCUT2D eigenvalue weighted by Gasteiger charge is -2.22. The molecule has 1 aliphatic rings. The minimum atomic E-state index is 0.361. The lowest BCUT2D eigenvalue weighted by atomic mass is 9.82. The summed E-state index contributed by atoms with van der Waals surface area (Å²) in [5.41, 5.74) is 6.54. The molecule has 3 aromatic carbocycles. The summed E-state index contributed by atoms with van der Waals surface area (Å²) in [6.45, 7) is 13.6. The molecule has 0 unspecified atom stereocenters. The molecule has 0 heterocycles. The Bertz CT molecular complexity index is 745. The second kappa shape index (κ2) is 9.04. The fourth-order valence-electron chi connectivity index (χ4n) is 4.01. The molecule has 3 aromatic rings. The van der Waals surface area contributed by atoms with Crippen molar-refractivity contribution in [3.05, 3.63) is 107 Å². The van der Waals surface area contributed by atoms with Crippen molar-refractivity contribution in [1.82, 2.24) is 0 Å². The zero-order valence-electron chi connectivity index (χ0n) is 17.8. The number of benzene rings is 3. The highest BCUT2D eigenvalue weighted by Gasteiger charge is 2.41. The average Bonchev–Trinajstić information content (AvgIpc) is 2.85. The molecule has 0 saturated carbocycles. The van der Waals surface area contributed by atoms with Gasteiger partial charge in [0, 0.05) is 0 Å². The average molecular weight is 359 g/mol. The van der Waals surface area contributed by atoms with E-state index in [1.54, 1.807) is 11.1 Å². The second-order valence-electron chi connectivity index (χ2n) is 8.73. The van der Waals surface area contributed by atoms with Crippen LogP contribution in [0.15, 0.2) is 84.9 Å². The highest BCUT2D eigenvalue weighted by molar-refractivity contribution is 5.44. The molecular formula is C27H34. The zero-order valence-corrected chi connectivity index (χ0v) is 17.8. The summed E-state index contributed by atoms with van der Waals surface area (Å²) < 4.78 is 0. The SMILES string of the molecule is CC1(C)CC(C)(C)c2ccccc21.Cc1ccccc1C.c1ccccc1. The molecule has 0 radical (unpaired) electrons. The summed E-state index contributed by atoms with van der Waals surface area (Å²) in [5, 5.41) is 0. The first kappa shape index (κ1) is 21.0. The minimum absolute atomic E-state index is 0.361. The monoisotopic (exact) mass is 358 g/mol. The van der Waals surface area contributed by atoms with Crippen LogP contribution in [0.25, 0.3) is 0 Å². The van der Waals surface area contributed by atoms with E-state index in [4.69, 9.17) is 0 Å². The van der Waals surface area contributed by atoms with Crippen LogP contribution in [0.2, 0.25) is 0 Å². The summed E-state index contributed by atoms with van der Waals surface area (Å²) in [6.07, 6.45) is 1.26. The Hall–Kier alpha value is -2.34. The summed E-state index contributed by atoms with van der Waals surface area (Å²) >= 11 is 0. The molecule has 0 fully saturated rings. The normalized spacial score (nSPS) is 15.5. The van der Waals surface area contributed by atoms with E-state index >= 15 is 0 Å². The van der Waals surface area contributed by atoms with Gasteiger partial charge in [0.2, 0.25) is 0 Å². The highest BCUT2D eigenvalue weighted by Crippen LogP contribution is 2.48. The van der Waals surface area contributed by atoms with Crippen LogP contribution in [-0.4, -0.2) is 0 Å². The van der Waals surface area contributed by atoms with Crippen LogP contribution >= 0.6 is 0 Å². The minimum Gasteiger partial charge on any atom is -0.0623 e. The van der Waals surface area contributed by atoms with Gasteiger partial charge in [-0.1, -0.05) is 113 Å². The van der Waals surface area contributed by atoms with Crippen molar-refractivity contribution in [2.75, 3.05) is 0 Å². The summed E-state index contributed by atoms with van der Waals surface area (Å²) in [4.78, 5) is 0. The zero-order chi connectivity index (χ0) is 19.9. The molecule has 27 heavy (non-hydrogen) atoms. The quantitative estimate of drug-likeness (QED) is 0.387. The van der Waals surface area contributed by atoms with Gasteiger partial charge in [-0.05, 0) is 53.4 Å². The van der Waals surface area contributed by atoms with E-state index in [9.17, 15) is 0 Å². The van der Waals surface area contributed by atoms with Crippen LogP contribution in [0, 0.1) is 13.8 Å². The predicted molar refractivity (Wildman–Crippen MR) is 119 cm³/mol. The first-order valence-electron chi connectivity index (χ1n) is 9.86. The summed E-state index contributed by atoms with van der Waals surface area (Å²) in [6, 6.07) is 29.2. The molecule has 0 heteroatoms. The summed E-state index contributed by atoms with van der Waals surface area (Å²) in [7, 11) is 0. The maximum Gasteiger partial charge on any atom is -0.00924 e. The molecule has 0 amide bonds. The Morgan fingerprint density at radius 3 is 1.07 bits per heavy atom. The van der Waals surface area contributed by atoms with Crippen molar-refractivity contribution in [2.45, 2.75) is 58.8 Å². The maximum atomic E-state index is 2.35. The van der Waals surface area contributed by atoms with Gasteiger partial charge in [0.05, 0.1) is 0 Å². The van der Waals surface area contributed by atoms with Gasteiger partial charge in [0.15, 0.2) is 0 Å². The molecule has 0 spiro atoms. The standard InChI is InChI=1S/C13H18.C8H10.C6H6/c1-12(2)9-13(3,4)11-8-6-5-7-10(11)12;1-7-5-3-4-6-8(7)2;1-2-4-6-5-3-1/h5-8H,9H2,1-4H3;3-6H,1-2H3;1-6H. The molecule has 0 aromatic heterocycles. The van der Waals surface area contributed by atoms with E-state index in [0.717, 1.165) is 0 Å². The van der Waals surface area contributed by atoms with Crippen molar-refractivity contribution in [2.24, 2.45) is 0 Å². The van der Waals surface area contributed by atoms with Crippen molar-refractivity contribution < 1.29 is 0 Å². The Morgan fingerprint density at radius 1 is 0.481 bits per heavy atom. The topological polar surface area (TPSA) is 0 Å². The van der Waals surface area contributed by atoms with E-state index in [1.165, 1.54) is 17.5 Å². The molecule has 0 atom stereocenters. The van der Waals surface area contributed by atoms with E-state index in [1.807, 2.05) is 36.4 Å². The largest absolute Gasteiger partial charge is 0.0623 e. The van der Waals surface area contributed by atoms with Crippen molar-refractivity contribution >= 4 is 0 Å². The third-order valence-electron chi connectivity index (χ3n) is 5.36. The smallest absolute Gasteiger partial charge is 0.00924 e. The number of hydrogen-bond donors (Lipinski definition) is 0. The van der Waals surface area contributed by atoms with Crippen molar-refractivity contribution in [3.63, 3.8) is 0 Å². The van der Waals surface area contributed by atoms with Gasteiger partial charge >= 0.3 is 0 Å². The van der Waals surface area contributed by atoms with Gasteiger partial charge in [-0.25, -0.2) is 0 Å². The van der Waals surface area contributed by atoms with E-state index in [0.29, 0.717) is 10.8 Å². The van der Waals surface area contributed by atoms with E-state index in [-0.39, 0.29) is 0 Å². The van der Waals surface area contributed by atoms with Gasteiger partial charge < -0.3 is 0 Å². The first-order valence-corrected chi connectivity index (χ1v) is 9.86. The van der Waals surface area contributed by atoms with E-state index in [2.05, 4.69) is 90.1 Å². The van der Waals surface area contributed by atoms with Gasteiger partial charge in [-0.15, -0.1) is 0 Å². The first-order chi connectivity index (χ1) is 12.7. The number of hydrogen-bond acceptors (Lipinski definition) is 0. The van der Waals surface area contributed by atoms with Crippen molar-refractivity contribution in [3.8, 4) is 0 Å². The molecule has 0 nitrogen and oxygen atoms in total. The van der Waals surface area contributed by atoms with Gasteiger partial charge in [0.1, 0.15) is 0 Å². The fraction of sp³-hybridized carbons (Fsp3) is 0.333. The molecule has 4 rings (SSSR count). The Morgan fingerprint density at radius 2 is 0.778 bits per heavy atom. The number of fused-ring (bicyclic) bond motifs is 1. The van der Waals surface area contributed by atoms with Gasteiger partial charge in [-0.3, -0.25) is 0 Å².